The zero-order valence-corrected chi connectivity index (χ0v) is 5.83. The molecule has 8 heavy (non-hydrogen) atoms. The molecule has 1 N–H and O–H groups in total. The molecule has 0 aromatic carbocycles. The molecule has 0 aromatic heterocycles. The van der Waals surface area contributed by atoms with Gasteiger partial charge in [0.15, 0.2) is 0 Å². The van der Waals surface area contributed by atoms with Gasteiger partial charge in [-0.25, -0.2) is 0 Å². The average Bonchev–Trinajstić information content (AvgIpc) is 1.82. The summed E-state index contributed by atoms with van der Waals surface area (Å²) in [5.74, 6) is 0. The maximum atomic E-state index is 5.03. The van der Waals surface area contributed by atoms with Crippen LogP contribution in [0.15, 0.2) is 11.1 Å². The molecule has 0 atom stereocenters. The van der Waals surface area contributed by atoms with Crippen LogP contribution in [-0.4, -0.2) is 5.60 Å². The maximum absolute atomic E-state index is 5.03. The van der Waals surface area contributed by atoms with Crippen LogP contribution in [0.4, 0.5) is 0 Å². The molecule has 0 bridgehead atoms. The predicted molar refractivity (Wildman–Crippen MR) is 35.4 cm³/mol. The molecule has 2 nitrogen and oxygen atoms in total. The summed E-state index contributed by atoms with van der Waals surface area (Å²) in [5, 5.41) is 0.787. The Kier molecular flexibility index (Phi) is 1.25. The minimum absolute atomic E-state index is 0.183. The minimum atomic E-state index is -0.183. The van der Waals surface area contributed by atoms with Gasteiger partial charge in [0, 0.05) is 0 Å². The predicted octanol–water partition coefficient (Wildman–Crippen LogP) is 1.07. The van der Waals surface area contributed by atoms with Gasteiger partial charge in [0.2, 0.25) is 0 Å². The fourth-order valence-corrected chi connectivity index (χ4v) is 0.929. The zero-order valence-electron chi connectivity index (χ0n) is 4.93. The highest BCUT2D eigenvalue weighted by Gasteiger charge is 2.21. The lowest BCUT2D eigenvalue weighted by Gasteiger charge is -2.11. The molecule has 0 amide bonds. The first kappa shape index (κ1) is 5.98. The van der Waals surface area contributed by atoms with Crippen LogP contribution in [0.5, 0.6) is 0 Å². The van der Waals surface area contributed by atoms with Crippen LogP contribution < -0.4 is 5.48 Å². The SMILES string of the molecule is CC1(C)C=C(S)NO1. The Morgan fingerprint density at radius 2 is 2.38 bits per heavy atom. The Balaban J connectivity index is 2.67. The normalized spacial score (nSPS) is 24.6. The van der Waals surface area contributed by atoms with Crippen molar-refractivity contribution in [1.82, 2.24) is 5.48 Å². The molecule has 0 fully saturated rings. The van der Waals surface area contributed by atoms with Gasteiger partial charge >= 0.3 is 0 Å². The summed E-state index contributed by atoms with van der Waals surface area (Å²) < 4.78 is 0. The van der Waals surface area contributed by atoms with Crippen LogP contribution in [0.1, 0.15) is 13.8 Å². The molecule has 3 heteroatoms. The zero-order chi connectivity index (χ0) is 6.20. The van der Waals surface area contributed by atoms with Gasteiger partial charge in [-0.2, -0.15) is 0 Å². The molecular formula is C5H9NOS. The molecule has 0 saturated heterocycles. The van der Waals surface area contributed by atoms with Crippen molar-refractivity contribution in [2.24, 2.45) is 0 Å². The second kappa shape index (κ2) is 1.67. The van der Waals surface area contributed by atoms with Crippen molar-refractivity contribution in [3.8, 4) is 0 Å². The summed E-state index contributed by atoms with van der Waals surface area (Å²) in [5.41, 5.74) is 2.45. The van der Waals surface area contributed by atoms with Gasteiger partial charge in [0.1, 0.15) is 5.60 Å². The smallest absolute Gasteiger partial charge is 0.111 e. The van der Waals surface area contributed by atoms with E-state index in [9.17, 15) is 0 Å². The van der Waals surface area contributed by atoms with E-state index in [4.69, 9.17) is 4.84 Å². The number of rotatable bonds is 0. The lowest BCUT2D eigenvalue weighted by Crippen LogP contribution is -2.20. The van der Waals surface area contributed by atoms with Crippen molar-refractivity contribution in [2.45, 2.75) is 19.4 Å². The van der Waals surface area contributed by atoms with Gasteiger partial charge in [0.25, 0.3) is 0 Å². The quantitative estimate of drug-likeness (QED) is 0.480. The van der Waals surface area contributed by atoms with Gasteiger partial charge in [-0.05, 0) is 19.9 Å². The lowest BCUT2D eigenvalue weighted by molar-refractivity contribution is -0.0126. The Morgan fingerprint density at radius 1 is 1.75 bits per heavy atom. The number of thiol groups is 1. The van der Waals surface area contributed by atoms with Crippen LogP contribution in [0, 0.1) is 0 Å². The molecule has 1 heterocycles. The summed E-state index contributed by atoms with van der Waals surface area (Å²) in [7, 11) is 0. The van der Waals surface area contributed by atoms with Crippen molar-refractivity contribution < 1.29 is 4.84 Å². The van der Waals surface area contributed by atoms with E-state index in [-0.39, 0.29) is 5.60 Å². The molecule has 0 spiro atoms. The summed E-state index contributed by atoms with van der Waals surface area (Å²) in [6, 6.07) is 0. The average molecular weight is 131 g/mol. The Bertz CT molecular complexity index is 130. The van der Waals surface area contributed by atoms with Gasteiger partial charge in [-0.15, -0.1) is 12.6 Å². The third kappa shape index (κ3) is 1.17. The summed E-state index contributed by atoms with van der Waals surface area (Å²) >= 11 is 4.03. The first-order chi connectivity index (χ1) is 3.60. The van der Waals surface area contributed by atoms with Crippen molar-refractivity contribution in [1.29, 1.82) is 0 Å². The highest BCUT2D eigenvalue weighted by molar-refractivity contribution is 7.84. The molecule has 0 aliphatic carbocycles. The Hall–Kier alpha value is -0.150. The first-order valence-corrected chi connectivity index (χ1v) is 2.91. The fourth-order valence-electron chi connectivity index (χ4n) is 0.572. The van der Waals surface area contributed by atoms with Crippen LogP contribution >= 0.6 is 12.6 Å². The maximum Gasteiger partial charge on any atom is 0.111 e. The van der Waals surface area contributed by atoms with Gasteiger partial charge in [0.05, 0.1) is 5.03 Å². The van der Waals surface area contributed by atoms with Crippen molar-refractivity contribution in [3.05, 3.63) is 11.1 Å². The van der Waals surface area contributed by atoms with Crippen molar-refractivity contribution in [3.63, 3.8) is 0 Å². The highest BCUT2D eigenvalue weighted by Crippen LogP contribution is 2.19. The summed E-state index contributed by atoms with van der Waals surface area (Å²) in [6.45, 7) is 3.92. The second-order valence-electron chi connectivity index (χ2n) is 2.34. The first-order valence-electron chi connectivity index (χ1n) is 2.46. The molecular weight excluding hydrogens is 122 g/mol. The van der Waals surface area contributed by atoms with Crippen LogP contribution in [0.2, 0.25) is 0 Å². The standard InChI is InChI=1S/C5H9NOS/c1-5(2)3-4(8)6-7-5/h3,6,8H,1-2H3. The van der Waals surface area contributed by atoms with E-state index in [0.29, 0.717) is 0 Å². The number of hydrogen-bond acceptors (Lipinski definition) is 3. The van der Waals surface area contributed by atoms with E-state index in [2.05, 4.69) is 18.1 Å². The van der Waals surface area contributed by atoms with Gasteiger partial charge in [-0.3, -0.25) is 10.3 Å². The van der Waals surface area contributed by atoms with Crippen molar-refractivity contribution >= 4 is 12.6 Å². The van der Waals surface area contributed by atoms with E-state index < -0.39 is 0 Å². The van der Waals surface area contributed by atoms with Gasteiger partial charge < -0.3 is 0 Å². The molecule has 46 valence electrons. The molecule has 0 unspecified atom stereocenters. The summed E-state index contributed by atoms with van der Waals surface area (Å²) in [4.78, 5) is 5.03. The van der Waals surface area contributed by atoms with E-state index in [1.165, 1.54) is 0 Å². The fraction of sp³-hybridized carbons (Fsp3) is 0.600. The van der Waals surface area contributed by atoms with Gasteiger partial charge in [-0.1, -0.05) is 0 Å². The molecule has 0 radical (unpaired) electrons. The van der Waals surface area contributed by atoms with Crippen LogP contribution in [0.3, 0.4) is 0 Å². The molecule has 1 aliphatic heterocycles. The molecule has 0 aromatic rings. The summed E-state index contributed by atoms with van der Waals surface area (Å²) in [6.07, 6.45) is 1.91. The van der Waals surface area contributed by atoms with Crippen LogP contribution in [-0.2, 0) is 4.84 Å². The topological polar surface area (TPSA) is 21.3 Å². The second-order valence-corrected chi connectivity index (χ2v) is 2.82. The number of nitrogens with one attached hydrogen (secondary N) is 1. The van der Waals surface area contributed by atoms with Crippen molar-refractivity contribution in [2.75, 3.05) is 0 Å². The van der Waals surface area contributed by atoms with Crippen LogP contribution in [0.25, 0.3) is 0 Å². The van der Waals surface area contributed by atoms with E-state index in [1.807, 2.05) is 19.9 Å². The monoisotopic (exact) mass is 131 g/mol. The van der Waals surface area contributed by atoms with E-state index >= 15 is 0 Å². The number of hydroxylamine groups is 1. The van der Waals surface area contributed by atoms with E-state index in [1.54, 1.807) is 0 Å². The Morgan fingerprint density at radius 3 is 2.50 bits per heavy atom. The third-order valence-corrected chi connectivity index (χ3v) is 1.12. The molecule has 1 aliphatic rings. The lowest BCUT2D eigenvalue weighted by atomic mass is 10.1. The largest absolute Gasteiger partial charge is 0.265 e. The highest BCUT2D eigenvalue weighted by atomic mass is 32.1. The minimum Gasteiger partial charge on any atom is -0.265 e. The van der Waals surface area contributed by atoms with E-state index in [0.717, 1.165) is 5.03 Å². The number of hydrogen-bond donors (Lipinski definition) is 2. The molecule has 1 rings (SSSR count). The third-order valence-electron chi connectivity index (χ3n) is 0.903. The Labute approximate surface area is 54.3 Å². The molecule has 0 saturated carbocycles.